The van der Waals surface area contributed by atoms with Crippen molar-refractivity contribution in [2.45, 2.75) is 19.9 Å². The van der Waals surface area contributed by atoms with Gasteiger partial charge in [-0.25, -0.2) is 4.79 Å². The van der Waals surface area contributed by atoms with Crippen LogP contribution in [0.2, 0.25) is 0 Å². The van der Waals surface area contributed by atoms with Crippen molar-refractivity contribution in [3.8, 4) is 0 Å². The quantitative estimate of drug-likeness (QED) is 0.698. The van der Waals surface area contributed by atoms with E-state index in [4.69, 9.17) is 5.11 Å². The van der Waals surface area contributed by atoms with Crippen molar-refractivity contribution in [1.29, 1.82) is 0 Å². The first kappa shape index (κ1) is 14.7. The molecule has 0 radical (unpaired) electrons. The average Bonchev–Trinajstić information content (AvgIpc) is 2.36. The Morgan fingerprint density at radius 1 is 1.11 bits per heavy atom. The van der Waals surface area contributed by atoms with Gasteiger partial charge < -0.3 is 15.7 Å². The summed E-state index contributed by atoms with van der Waals surface area (Å²) < 4.78 is 0. The van der Waals surface area contributed by atoms with Gasteiger partial charge >= 0.3 is 5.97 Å². The first-order valence-corrected chi connectivity index (χ1v) is 5.82. The molecular formula is C13H16N2O4. The Morgan fingerprint density at radius 2 is 1.74 bits per heavy atom. The highest BCUT2D eigenvalue weighted by Crippen LogP contribution is 2.04. The van der Waals surface area contributed by atoms with Crippen LogP contribution in [0.15, 0.2) is 24.3 Å². The Morgan fingerprint density at radius 3 is 2.26 bits per heavy atom. The maximum Gasteiger partial charge on any atom is 0.335 e. The van der Waals surface area contributed by atoms with Crippen LogP contribution in [-0.4, -0.2) is 29.4 Å². The maximum absolute atomic E-state index is 11.4. The van der Waals surface area contributed by atoms with Gasteiger partial charge in [-0.15, -0.1) is 0 Å². The number of aromatic carboxylic acids is 1. The van der Waals surface area contributed by atoms with E-state index in [0.29, 0.717) is 13.1 Å². The van der Waals surface area contributed by atoms with E-state index in [1.54, 1.807) is 12.1 Å². The molecule has 19 heavy (non-hydrogen) atoms. The fourth-order valence-electron chi connectivity index (χ4n) is 1.41. The molecule has 0 spiro atoms. The van der Waals surface area contributed by atoms with Crippen molar-refractivity contribution in [2.24, 2.45) is 0 Å². The SMILES string of the molecule is CC(=O)NCCC(=O)NCc1ccc(C(=O)O)cc1. The number of carbonyl (C=O) groups excluding carboxylic acids is 2. The molecule has 0 aliphatic heterocycles. The highest BCUT2D eigenvalue weighted by atomic mass is 16.4. The second-order valence-electron chi connectivity index (χ2n) is 4.01. The molecule has 3 N–H and O–H groups in total. The Hall–Kier alpha value is -2.37. The summed E-state index contributed by atoms with van der Waals surface area (Å²) in [4.78, 5) is 32.7. The molecule has 2 amide bonds. The number of amides is 2. The Bertz CT molecular complexity index is 468. The molecule has 0 atom stereocenters. The number of rotatable bonds is 6. The molecule has 0 fully saturated rings. The summed E-state index contributed by atoms with van der Waals surface area (Å²) in [5, 5.41) is 13.9. The summed E-state index contributed by atoms with van der Waals surface area (Å²) in [5.74, 6) is -1.32. The first-order valence-electron chi connectivity index (χ1n) is 5.82. The van der Waals surface area contributed by atoms with E-state index in [2.05, 4.69) is 10.6 Å². The van der Waals surface area contributed by atoms with Gasteiger partial charge in [0.05, 0.1) is 5.56 Å². The molecule has 1 rings (SSSR count). The van der Waals surface area contributed by atoms with Crippen LogP contribution in [0.1, 0.15) is 29.3 Å². The van der Waals surface area contributed by atoms with Gasteiger partial charge in [0.25, 0.3) is 0 Å². The van der Waals surface area contributed by atoms with Gasteiger partial charge in [-0.3, -0.25) is 9.59 Å². The predicted octanol–water partition coefficient (Wildman–Crippen LogP) is 0.527. The zero-order valence-electron chi connectivity index (χ0n) is 10.6. The van der Waals surface area contributed by atoms with Gasteiger partial charge in [-0.2, -0.15) is 0 Å². The van der Waals surface area contributed by atoms with Crippen LogP contribution in [0.3, 0.4) is 0 Å². The lowest BCUT2D eigenvalue weighted by Crippen LogP contribution is -2.29. The van der Waals surface area contributed by atoms with Gasteiger partial charge in [-0.1, -0.05) is 12.1 Å². The number of hydrogen-bond donors (Lipinski definition) is 3. The topological polar surface area (TPSA) is 95.5 Å². The minimum Gasteiger partial charge on any atom is -0.478 e. The van der Waals surface area contributed by atoms with Crippen LogP contribution in [-0.2, 0) is 16.1 Å². The molecule has 0 bridgehead atoms. The Labute approximate surface area is 110 Å². The Balaban J connectivity index is 2.33. The lowest BCUT2D eigenvalue weighted by molar-refractivity contribution is -0.121. The normalized spacial score (nSPS) is 9.74. The molecule has 0 aliphatic rings. The molecule has 0 aliphatic carbocycles. The summed E-state index contributed by atoms with van der Waals surface area (Å²) in [6.45, 7) is 2.03. The molecule has 0 saturated carbocycles. The smallest absolute Gasteiger partial charge is 0.335 e. The molecular weight excluding hydrogens is 248 g/mol. The van der Waals surface area contributed by atoms with Crippen molar-refractivity contribution >= 4 is 17.8 Å². The van der Waals surface area contributed by atoms with Crippen molar-refractivity contribution in [1.82, 2.24) is 10.6 Å². The summed E-state index contributed by atoms with van der Waals surface area (Å²) in [6.07, 6.45) is 0.215. The summed E-state index contributed by atoms with van der Waals surface area (Å²) in [6, 6.07) is 6.28. The molecule has 6 heteroatoms. The number of benzene rings is 1. The molecule has 0 aromatic heterocycles. The van der Waals surface area contributed by atoms with Gasteiger partial charge in [0, 0.05) is 26.4 Å². The van der Waals surface area contributed by atoms with Crippen molar-refractivity contribution < 1.29 is 19.5 Å². The monoisotopic (exact) mass is 264 g/mol. The van der Waals surface area contributed by atoms with Gasteiger partial charge in [0.15, 0.2) is 0 Å². The summed E-state index contributed by atoms with van der Waals surface area (Å²) >= 11 is 0. The van der Waals surface area contributed by atoms with Crippen molar-refractivity contribution in [2.75, 3.05) is 6.54 Å². The second kappa shape index (κ2) is 7.15. The molecule has 0 saturated heterocycles. The third-order valence-electron chi connectivity index (χ3n) is 2.42. The van der Waals surface area contributed by atoms with Crippen LogP contribution in [0.4, 0.5) is 0 Å². The van der Waals surface area contributed by atoms with E-state index in [1.807, 2.05) is 0 Å². The number of nitrogens with one attached hydrogen (secondary N) is 2. The van der Waals surface area contributed by atoms with Crippen molar-refractivity contribution in [3.05, 3.63) is 35.4 Å². The van der Waals surface area contributed by atoms with E-state index in [9.17, 15) is 14.4 Å². The van der Waals surface area contributed by atoms with E-state index in [-0.39, 0.29) is 23.8 Å². The minimum atomic E-state index is -0.981. The van der Waals surface area contributed by atoms with Crippen LogP contribution in [0, 0.1) is 0 Å². The fourth-order valence-corrected chi connectivity index (χ4v) is 1.41. The third kappa shape index (κ3) is 5.67. The highest BCUT2D eigenvalue weighted by molar-refractivity contribution is 5.87. The lowest BCUT2D eigenvalue weighted by atomic mass is 10.1. The van der Waals surface area contributed by atoms with Crippen LogP contribution < -0.4 is 10.6 Å². The van der Waals surface area contributed by atoms with E-state index >= 15 is 0 Å². The van der Waals surface area contributed by atoms with Gasteiger partial charge in [0.2, 0.25) is 11.8 Å². The van der Waals surface area contributed by atoms with Gasteiger partial charge in [0.1, 0.15) is 0 Å². The van der Waals surface area contributed by atoms with Crippen molar-refractivity contribution in [3.63, 3.8) is 0 Å². The minimum absolute atomic E-state index is 0.169. The van der Waals surface area contributed by atoms with E-state index in [1.165, 1.54) is 19.1 Å². The van der Waals surface area contributed by atoms with E-state index in [0.717, 1.165) is 5.56 Å². The molecule has 1 aromatic carbocycles. The largest absolute Gasteiger partial charge is 0.478 e. The zero-order valence-corrected chi connectivity index (χ0v) is 10.6. The summed E-state index contributed by atoms with van der Waals surface area (Å²) in [5.41, 5.74) is 1.03. The molecule has 6 nitrogen and oxygen atoms in total. The van der Waals surface area contributed by atoms with Gasteiger partial charge in [-0.05, 0) is 17.7 Å². The fraction of sp³-hybridized carbons (Fsp3) is 0.308. The molecule has 0 heterocycles. The number of carbonyl (C=O) groups is 3. The van der Waals surface area contributed by atoms with Crippen LogP contribution in [0.5, 0.6) is 0 Å². The molecule has 102 valence electrons. The van der Waals surface area contributed by atoms with Crippen LogP contribution >= 0.6 is 0 Å². The Kier molecular flexibility index (Phi) is 5.53. The molecule has 1 aromatic rings. The standard InChI is InChI=1S/C13H16N2O4/c1-9(16)14-7-6-12(17)15-8-10-2-4-11(5-3-10)13(18)19/h2-5H,6-8H2,1H3,(H,14,16)(H,15,17)(H,18,19). The molecule has 0 unspecified atom stereocenters. The highest BCUT2D eigenvalue weighted by Gasteiger charge is 2.04. The lowest BCUT2D eigenvalue weighted by Gasteiger charge is -2.06. The van der Waals surface area contributed by atoms with E-state index < -0.39 is 5.97 Å². The zero-order chi connectivity index (χ0) is 14.3. The summed E-state index contributed by atoms with van der Waals surface area (Å²) in [7, 11) is 0. The first-order chi connectivity index (χ1) is 8.99. The third-order valence-corrected chi connectivity index (χ3v) is 2.42. The second-order valence-corrected chi connectivity index (χ2v) is 4.01. The number of carboxylic acids is 1. The van der Waals surface area contributed by atoms with Crippen LogP contribution in [0.25, 0.3) is 0 Å². The number of carboxylic acid groups (broad SMARTS) is 1. The predicted molar refractivity (Wildman–Crippen MR) is 68.5 cm³/mol. The maximum atomic E-state index is 11.4. The number of hydrogen-bond acceptors (Lipinski definition) is 3. The average molecular weight is 264 g/mol.